The summed E-state index contributed by atoms with van der Waals surface area (Å²) in [6, 6.07) is 6.18. The lowest BCUT2D eigenvalue weighted by atomic mass is 10.1. The molecular weight excluding hydrogens is 220 g/mol. The fourth-order valence-corrected chi connectivity index (χ4v) is 1.87. The standard InChI is InChI=1S/C12H14N2O3/c1-12(2)7-8(12)11(15)13-9-5-3-4-6-10(9)14(16)17/h3-6,8H,7H2,1-2H3,(H,13,15)/t8-/m0/s1. The van der Waals surface area contributed by atoms with Crippen LogP contribution in [0.5, 0.6) is 0 Å². The molecule has 0 spiro atoms. The van der Waals surface area contributed by atoms with Crippen molar-refractivity contribution >= 4 is 17.3 Å². The first-order valence-electron chi connectivity index (χ1n) is 5.46. The summed E-state index contributed by atoms with van der Waals surface area (Å²) in [5.41, 5.74) is 0.220. The van der Waals surface area contributed by atoms with Gasteiger partial charge < -0.3 is 5.32 Å². The van der Waals surface area contributed by atoms with Crippen molar-refractivity contribution in [3.05, 3.63) is 34.4 Å². The van der Waals surface area contributed by atoms with Crippen LogP contribution >= 0.6 is 0 Å². The number of amides is 1. The molecule has 1 aliphatic rings. The number of nitro groups is 1. The number of nitrogens with one attached hydrogen (secondary N) is 1. The van der Waals surface area contributed by atoms with Crippen LogP contribution in [0.4, 0.5) is 11.4 Å². The van der Waals surface area contributed by atoms with Crippen LogP contribution in [-0.2, 0) is 4.79 Å². The normalized spacial score (nSPS) is 20.7. The van der Waals surface area contributed by atoms with Crippen molar-refractivity contribution in [2.75, 3.05) is 5.32 Å². The molecule has 0 heterocycles. The monoisotopic (exact) mass is 234 g/mol. The minimum atomic E-state index is -0.492. The second-order valence-electron chi connectivity index (χ2n) is 5.01. The molecule has 0 aromatic heterocycles. The highest BCUT2D eigenvalue weighted by Crippen LogP contribution is 2.52. The number of carbonyl (C=O) groups is 1. The van der Waals surface area contributed by atoms with Crippen molar-refractivity contribution in [1.29, 1.82) is 0 Å². The third kappa shape index (κ3) is 2.27. The Morgan fingerprint density at radius 2 is 2.06 bits per heavy atom. The van der Waals surface area contributed by atoms with Crippen molar-refractivity contribution < 1.29 is 9.72 Å². The topological polar surface area (TPSA) is 72.2 Å². The molecule has 0 unspecified atom stereocenters. The van der Waals surface area contributed by atoms with Gasteiger partial charge in [-0.3, -0.25) is 14.9 Å². The molecule has 90 valence electrons. The zero-order valence-electron chi connectivity index (χ0n) is 9.77. The molecule has 0 bridgehead atoms. The van der Waals surface area contributed by atoms with E-state index in [1.807, 2.05) is 13.8 Å². The van der Waals surface area contributed by atoms with E-state index in [2.05, 4.69) is 5.32 Å². The van der Waals surface area contributed by atoms with Crippen LogP contribution < -0.4 is 5.32 Å². The fraction of sp³-hybridized carbons (Fsp3) is 0.417. The molecule has 1 amide bonds. The SMILES string of the molecule is CC1(C)C[C@H]1C(=O)Nc1ccccc1[N+](=O)[O-]. The first-order chi connectivity index (χ1) is 7.92. The molecule has 5 nitrogen and oxygen atoms in total. The third-order valence-electron chi connectivity index (χ3n) is 3.19. The van der Waals surface area contributed by atoms with E-state index >= 15 is 0 Å². The number of nitrogens with zero attached hydrogens (tertiary/aromatic N) is 1. The molecule has 1 aliphatic carbocycles. The Labute approximate surface area is 99.0 Å². The van der Waals surface area contributed by atoms with Crippen LogP contribution in [0.15, 0.2) is 24.3 Å². The molecule has 0 aliphatic heterocycles. The summed E-state index contributed by atoms with van der Waals surface area (Å²) in [6.07, 6.45) is 0.833. The molecule has 0 saturated heterocycles. The van der Waals surface area contributed by atoms with Gasteiger partial charge in [-0.15, -0.1) is 0 Å². The quantitative estimate of drug-likeness (QED) is 0.645. The summed E-state index contributed by atoms with van der Waals surface area (Å²) in [7, 11) is 0. The van der Waals surface area contributed by atoms with Gasteiger partial charge in [0.25, 0.3) is 5.69 Å². The number of carbonyl (C=O) groups excluding carboxylic acids is 1. The van der Waals surface area contributed by atoms with E-state index in [0.29, 0.717) is 0 Å². The largest absolute Gasteiger partial charge is 0.320 e. The van der Waals surface area contributed by atoms with Crippen LogP contribution in [-0.4, -0.2) is 10.8 Å². The predicted molar refractivity (Wildman–Crippen MR) is 63.6 cm³/mol. The Bertz CT molecular complexity index is 482. The van der Waals surface area contributed by atoms with Crippen LogP contribution in [0.25, 0.3) is 0 Å². The number of hydrogen-bond acceptors (Lipinski definition) is 3. The van der Waals surface area contributed by atoms with Crippen molar-refractivity contribution in [3.63, 3.8) is 0 Å². The number of para-hydroxylation sites is 2. The molecule has 1 saturated carbocycles. The lowest BCUT2D eigenvalue weighted by Crippen LogP contribution is -2.17. The van der Waals surface area contributed by atoms with Crippen LogP contribution in [0.3, 0.4) is 0 Å². The fourth-order valence-electron chi connectivity index (χ4n) is 1.87. The van der Waals surface area contributed by atoms with Crippen LogP contribution in [0, 0.1) is 21.4 Å². The zero-order valence-corrected chi connectivity index (χ0v) is 9.77. The molecule has 17 heavy (non-hydrogen) atoms. The minimum Gasteiger partial charge on any atom is -0.320 e. The highest BCUT2D eigenvalue weighted by atomic mass is 16.6. The number of anilines is 1. The molecule has 1 N–H and O–H groups in total. The summed E-state index contributed by atoms with van der Waals surface area (Å²) in [5.74, 6) is -0.174. The van der Waals surface area contributed by atoms with Crippen molar-refractivity contribution in [1.82, 2.24) is 0 Å². The minimum absolute atomic E-state index is 0.0215. The zero-order chi connectivity index (χ0) is 12.6. The molecule has 0 radical (unpaired) electrons. The lowest BCUT2D eigenvalue weighted by molar-refractivity contribution is -0.383. The predicted octanol–water partition coefficient (Wildman–Crippen LogP) is 2.58. The Balaban J connectivity index is 2.14. The maximum atomic E-state index is 11.8. The first-order valence-corrected chi connectivity index (χ1v) is 5.46. The summed E-state index contributed by atoms with van der Waals surface area (Å²) in [6.45, 7) is 4.02. The van der Waals surface area contributed by atoms with Crippen LogP contribution in [0.2, 0.25) is 0 Å². The van der Waals surface area contributed by atoms with Gasteiger partial charge in [0.2, 0.25) is 5.91 Å². The summed E-state index contributed by atoms with van der Waals surface area (Å²) in [5, 5.41) is 13.4. The van der Waals surface area contributed by atoms with Gasteiger partial charge in [0.1, 0.15) is 5.69 Å². The van der Waals surface area contributed by atoms with Crippen molar-refractivity contribution in [2.24, 2.45) is 11.3 Å². The van der Waals surface area contributed by atoms with Gasteiger partial charge >= 0.3 is 0 Å². The molecule has 2 rings (SSSR count). The summed E-state index contributed by atoms with van der Waals surface area (Å²) < 4.78 is 0. The summed E-state index contributed by atoms with van der Waals surface area (Å²) >= 11 is 0. The number of rotatable bonds is 3. The Morgan fingerprint density at radius 3 is 2.59 bits per heavy atom. The molecular formula is C12H14N2O3. The number of nitro benzene ring substituents is 1. The average Bonchev–Trinajstić information content (AvgIpc) is 2.88. The molecule has 1 atom stereocenters. The van der Waals surface area contributed by atoms with E-state index in [4.69, 9.17) is 0 Å². The Kier molecular flexibility index (Phi) is 2.61. The molecule has 5 heteroatoms. The van der Waals surface area contributed by atoms with E-state index < -0.39 is 4.92 Å². The Hall–Kier alpha value is -1.91. The van der Waals surface area contributed by atoms with Gasteiger partial charge in [-0.2, -0.15) is 0 Å². The van der Waals surface area contributed by atoms with E-state index in [0.717, 1.165) is 6.42 Å². The van der Waals surface area contributed by atoms with E-state index in [9.17, 15) is 14.9 Å². The maximum absolute atomic E-state index is 11.8. The number of benzene rings is 1. The van der Waals surface area contributed by atoms with Crippen LogP contribution in [0.1, 0.15) is 20.3 Å². The molecule has 1 aromatic carbocycles. The van der Waals surface area contributed by atoms with Gasteiger partial charge in [0.15, 0.2) is 0 Å². The molecule has 1 fully saturated rings. The second kappa shape index (κ2) is 3.84. The highest BCUT2D eigenvalue weighted by Gasteiger charge is 2.50. The third-order valence-corrected chi connectivity index (χ3v) is 3.19. The smallest absolute Gasteiger partial charge is 0.292 e. The first kappa shape index (κ1) is 11.6. The average molecular weight is 234 g/mol. The number of hydrogen-bond donors (Lipinski definition) is 1. The van der Waals surface area contributed by atoms with Gasteiger partial charge in [0, 0.05) is 12.0 Å². The lowest BCUT2D eigenvalue weighted by Gasteiger charge is -2.06. The van der Waals surface area contributed by atoms with Gasteiger partial charge in [0.05, 0.1) is 4.92 Å². The van der Waals surface area contributed by atoms with Crippen molar-refractivity contribution in [2.45, 2.75) is 20.3 Å². The second-order valence-corrected chi connectivity index (χ2v) is 5.01. The van der Waals surface area contributed by atoms with Gasteiger partial charge in [-0.1, -0.05) is 26.0 Å². The van der Waals surface area contributed by atoms with Gasteiger partial charge in [-0.05, 0) is 17.9 Å². The van der Waals surface area contributed by atoms with Crippen molar-refractivity contribution in [3.8, 4) is 0 Å². The maximum Gasteiger partial charge on any atom is 0.292 e. The van der Waals surface area contributed by atoms with E-state index in [1.54, 1.807) is 18.2 Å². The Morgan fingerprint density at radius 1 is 1.47 bits per heavy atom. The summed E-state index contributed by atoms with van der Waals surface area (Å²) in [4.78, 5) is 22.1. The van der Waals surface area contributed by atoms with Gasteiger partial charge in [-0.25, -0.2) is 0 Å². The van der Waals surface area contributed by atoms with E-state index in [1.165, 1.54) is 6.07 Å². The van der Waals surface area contributed by atoms with E-state index in [-0.39, 0.29) is 28.6 Å². The highest BCUT2D eigenvalue weighted by molar-refractivity contribution is 5.96. The molecule has 1 aromatic rings.